The molecule has 0 aliphatic heterocycles. The second kappa shape index (κ2) is 7.32. The zero-order chi connectivity index (χ0) is 21.5. The average molecular weight is 417 g/mol. The summed E-state index contributed by atoms with van der Waals surface area (Å²) in [6.07, 6.45) is 0.494. The number of aromatic amines is 1. The largest absolute Gasteiger partial charge is 0.461 e. The number of nitrogens with one attached hydrogen (secondary N) is 1. The Morgan fingerprint density at radius 2 is 1.87 bits per heavy atom. The zero-order valence-corrected chi connectivity index (χ0v) is 16.9. The average Bonchev–Trinajstić information content (AvgIpc) is 3.44. The number of fused-ring (bicyclic) bond motifs is 1. The fraction of sp³-hybridized carbons (Fsp3) is 0.174. The quantitative estimate of drug-likeness (QED) is 0.462. The van der Waals surface area contributed by atoms with Crippen LogP contribution in [0.4, 0.5) is 0 Å². The fourth-order valence-corrected chi connectivity index (χ4v) is 3.61. The summed E-state index contributed by atoms with van der Waals surface area (Å²) in [5.74, 6) is 1.30. The van der Waals surface area contributed by atoms with Gasteiger partial charge in [0, 0.05) is 10.9 Å². The highest BCUT2D eigenvalue weighted by atomic mass is 16.5. The lowest BCUT2D eigenvalue weighted by Gasteiger charge is -2.09. The molecule has 2 aromatic carbocycles. The van der Waals surface area contributed by atoms with E-state index in [1.165, 1.54) is 0 Å². The minimum atomic E-state index is -0.777. The molecule has 1 atom stereocenters. The topological polar surface area (TPSA) is 107 Å². The highest BCUT2D eigenvalue weighted by Gasteiger charge is 2.17. The van der Waals surface area contributed by atoms with Crippen molar-refractivity contribution in [1.29, 1.82) is 0 Å². The summed E-state index contributed by atoms with van der Waals surface area (Å²) >= 11 is 0. The molecule has 8 nitrogen and oxygen atoms in total. The van der Waals surface area contributed by atoms with Crippen molar-refractivity contribution in [3.8, 4) is 11.5 Å². The maximum Gasteiger partial charge on any atom is 0.440 e. The van der Waals surface area contributed by atoms with E-state index in [4.69, 9.17) is 13.4 Å². The van der Waals surface area contributed by atoms with Crippen LogP contribution < -0.4 is 11.4 Å². The van der Waals surface area contributed by atoms with Crippen LogP contribution in [0.2, 0.25) is 0 Å². The highest BCUT2D eigenvalue weighted by Crippen LogP contribution is 2.28. The number of hydrogen-bond donors (Lipinski definition) is 1. The molecule has 0 radical (unpaired) electrons. The molecule has 5 rings (SSSR count). The molecular weight excluding hydrogens is 398 g/mol. The van der Waals surface area contributed by atoms with Gasteiger partial charge in [-0.05, 0) is 49.7 Å². The lowest BCUT2D eigenvalue weighted by atomic mass is 10.1. The monoisotopic (exact) mass is 417 g/mol. The molecule has 0 fully saturated rings. The van der Waals surface area contributed by atoms with Crippen LogP contribution >= 0.6 is 0 Å². The van der Waals surface area contributed by atoms with E-state index in [1.54, 1.807) is 6.92 Å². The lowest BCUT2D eigenvalue weighted by Crippen LogP contribution is -2.20. The van der Waals surface area contributed by atoms with Gasteiger partial charge in [0.1, 0.15) is 17.1 Å². The SMILES string of the molecule is Cc1oc(-c2ccccc2)nc1Cc1cc2cc(C(C)n3oc(=O)[nH]c3=O)ccc2o1. The Hall–Kier alpha value is -4.07. The van der Waals surface area contributed by atoms with Crippen molar-refractivity contribution >= 4 is 11.0 Å². The maximum absolute atomic E-state index is 11.8. The van der Waals surface area contributed by atoms with Gasteiger partial charge in [0.05, 0.1) is 18.2 Å². The Morgan fingerprint density at radius 1 is 1.06 bits per heavy atom. The summed E-state index contributed by atoms with van der Waals surface area (Å²) in [5, 5.41) is 0.884. The van der Waals surface area contributed by atoms with E-state index >= 15 is 0 Å². The molecule has 5 aromatic rings. The predicted molar refractivity (Wildman–Crippen MR) is 113 cm³/mol. The van der Waals surface area contributed by atoms with E-state index in [0.717, 1.165) is 44.1 Å². The van der Waals surface area contributed by atoms with Gasteiger partial charge in [-0.25, -0.2) is 19.6 Å². The number of H-pyrrole nitrogens is 1. The minimum Gasteiger partial charge on any atom is -0.461 e. The van der Waals surface area contributed by atoms with Crippen molar-refractivity contribution in [2.75, 3.05) is 0 Å². The minimum absolute atomic E-state index is 0.444. The van der Waals surface area contributed by atoms with Crippen LogP contribution in [0.1, 0.15) is 35.7 Å². The number of rotatable bonds is 5. The van der Waals surface area contributed by atoms with E-state index in [9.17, 15) is 9.59 Å². The zero-order valence-electron chi connectivity index (χ0n) is 16.9. The number of nitrogens with zero attached hydrogens (tertiary/aromatic N) is 2. The summed E-state index contributed by atoms with van der Waals surface area (Å²) in [5.41, 5.74) is 2.69. The Labute approximate surface area is 175 Å². The maximum atomic E-state index is 11.8. The Kier molecular flexibility index (Phi) is 4.47. The number of hydrogen-bond acceptors (Lipinski definition) is 6. The van der Waals surface area contributed by atoms with Crippen LogP contribution in [0.5, 0.6) is 0 Å². The third-order valence-electron chi connectivity index (χ3n) is 5.27. The first-order valence-electron chi connectivity index (χ1n) is 9.84. The molecule has 0 spiro atoms. The van der Waals surface area contributed by atoms with Crippen molar-refractivity contribution in [3.63, 3.8) is 0 Å². The predicted octanol–water partition coefficient (Wildman–Crippen LogP) is 4.04. The third-order valence-corrected chi connectivity index (χ3v) is 5.27. The number of aromatic nitrogens is 3. The summed E-state index contributed by atoms with van der Waals surface area (Å²) in [4.78, 5) is 29.9. The van der Waals surface area contributed by atoms with E-state index in [0.29, 0.717) is 12.3 Å². The number of benzene rings is 2. The van der Waals surface area contributed by atoms with Crippen LogP contribution in [0, 0.1) is 6.92 Å². The van der Waals surface area contributed by atoms with E-state index in [-0.39, 0.29) is 0 Å². The van der Waals surface area contributed by atoms with Crippen LogP contribution in [-0.4, -0.2) is 14.7 Å². The van der Waals surface area contributed by atoms with Crippen molar-refractivity contribution in [2.45, 2.75) is 26.3 Å². The van der Waals surface area contributed by atoms with Crippen molar-refractivity contribution in [2.24, 2.45) is 0 Å². The first-order chi connectivity index (χ1) is 15.0. The molecule has 0 bridgehead atoms. The third kappa shape index (κ3) is 3.52. The van der Waals surface area contributed by atoms with Crippen molar-refractivity contribution in [1.82, 2.24) is 14.7 Å². The normalized spacial score (nSPS) is 12.5. The van der Waals surface area contributed by atoms with Gasteiger partial charge in [-0.2, -0.15) is 0 Å². The first-order valence-corrected chi connectivity index (χ1v) is 9.84. The Balaban J connectivity index is 1.43. The summed E-state index contributed by atoms with van der Waals surface area (Å²) in [7, 11) is 0. The fourth-order valence-electron chi connectivity index (χ4n) is 3.61. The molecule has 0 amide bonds. The number of furan rings is 1. The first kappa shape index (κ1) is 18.9. The van der Waals surface area contributed by atoms with Gasteiger partial charge in [-0.15, -0.1) is 4.74 Å². The van der Waals surface area contributed by atoms with E-state index in [2.05, 4.69) is 9.97 Å². The second-order valence-electron chi connectivity index (χ2n) is 7.39. The van der Waals surface area contributed by atoms with Crippen LogP contribution in [-0.2, 0) is 6.42 Å². The van der Waals surface area contributed by atoms with E-state index < -0.39 is 17.5 Å². The van der Waals surface area contributed by atoms with Crippen LogP contribution in [0.3, 0.4) is 0 Å². The number of oxazole rings is 1. The van der Waals surface area contributed by atoms with Gasteiger partial charge in [0.25, 0.3) is 0 Å². The highest BCUT2D eigenvalue weighted by molar-refractivity contribution is 5.79. The van der Waals surface area contributed by atoms with Gasteiger partial charge in [-0.3, -0.25) is 0 Å². The van der Waals surface area contributed by atoms with Gasteiger partial charge in [0.15, 0.2) is 0 Å². The van der Waals surface area contributed by atoms with Gasteiger partial charge >= 0.3 is 11.4 Å². The molecule has 156 valence electrons. The smallest absolute Gasteiger partial charge is 0.440 e. The molecule has 3 heterocycles. The molecule has 31 heavy (non-hydrogen) atoms. The number of aryl methyl sites for hydroxylation is 1. The molecule has 1 N–H and O–H groups in total. The van der Waals surface area contributed by atoms with Crippen molar-refractivity contribution < 1.29 is 13.4 Å². The van der Waals surface area contributed by atoms with Crippen molar-refractivity contribution in [3.05, 3.63) is 98.4 Å². The van der Waals surface area contributed by atoms with Gasteiger partial charge in [-0.1, -0.05) is 24.3 Å². The molecule has 0 aliphatic carbocycles. The Bertz CT molecular complexity index is 1480. The molecule has 0 saturated carbocycles. The van der Waals surface area contributed by atoms with Gasteiger partial charge in [0.2, 0.25) is 5.89 Å². The molecule has 8 heteroatoms. The molecular formula is C23H19N3O5. The summed E-state index contributed by atoms with van der Waals surface area (Å²) < 4.78 is 17.8. The molecule has 3 aromatic heterocycles. The molecule has 0 aliphatic rings. The molecule has 1 unspecified atom stereocenters. The summed E-state index contributed by atoms with van der Waals surface area (Å²) in [6, 6.07) is 16.8. The molecule has 0 saturated heterocycles. The summed E-state index contributed by atoms with van der Waals surface area (Å²) in [6.45, 7) is 3.67. The van der Waals surface area contributed by atoms with Crippen LogP contribution in [0.15, 0.2) is 77.5 Å². The van der Waals surface area contributed by atoms with Gasteiger partial charge < -0.3 is 13.4 Å². The lowest BCUT2D eigenvalue weighted by molar-refractivity contribution is 0.226. The van der Waals surface area contributed by atoms with Crippen LogP contribution in [0.25, 0.3) is 22.4 Å². The Morgan fingerprint density at radius 3 is 2.61 bits per heavy atom. The van der Waals surface area contributed by atoms with E-state index in [1.807, 2.05) is 61.5 Å². The second-order valence-corrected chi connectivity index (χ2v) is 7.39. The standard InChI is InChI=1S/C23H19N3O5/c1-13(26-22(27)25-23(28)31-26)16-8-9-20-17(10-16)11-18(30-20)12-19-14(2)29-21(24-19)15-6-4-3-5-7-15/h3-11,13H,12H2,1-2H3,(H,25,27,28).